The van der Waals surface area contributed by atoms with Gasteiger partial charge in [-0.15, -0.1) is 0 Å². The molecule has 0 atom stereocenters. The highest BCUT2D eigenvalue weighted by Gasteiger charge is 2.40. The average Bonchev–Trinajstić information content (AvgIpc) is 3.98. The summed E-state index contributed by atoms with van der Waals surface area (Å²) in [6.07, 6.45) is 3.63. The van der Waals surface area contributed by atoms with E-state index in [2.05, 4.69) is 275 Å². The SMILES string of the molecule is CC(C)(C)c1ccc2c(c1)C(C)(C)c1c(-c3cccc(-c4cccc(-c5ccc6c(c5)c5cc(-c7cccc(-c8cccc(-c9cccc%10c9C(C)(C)c9cc(C(C)(C)C)ccc9-%10)c8)c7)ccc5c5nccnc65)c4)c3)cccc1-2. The number of hydrogen-bond donors (Lipinski definition) is 0. The van der Waals surface area contributed by atoms with Crippen molar-refractivity contribution < 1.29 is 0 Å². The van der Waals surface area contributed by atoms with E-state index in [1.54, 1.807) is 0 Å². The molecule has 0 N–H and O–H groups in total. The minimum absolute atomic E-state index is 0.0804. The number of hydrogen-bond acceptors (Lipinski definition) is 2. The number of aromatic nitrogens is 2. The molecule has 0 unspecified atom stereocenters. The van der Waals surface area contributed by atoms with Crippen molar-refractivity contribution in [1.29, 1.82) is 0 Å². The second-order valence-electron chi connectivity index (χ2n) is 25.8. The number of rotatable bonds is 6. The van der Waals surface area contributed by atoms with Crippen LogP contribution in [-0.4, -0.2) is 9.97 Å². The Balaban J connectivity index is 0.813. The maximum Gasteiger partial charge on any atom is 0.0971 e. The molecule has 2 aliphatic rings. The van der Waals surface area contributed by atoms with Crippen LogP contribution in [0.4, 0.5) is 0 Å². The van der Waals surface area contributed by atoms with Gasteiger partial charge in [-0.25, -0.2) is 0 Å². The normalized spacial score (nSPS) is 14.1. The largest absolute Gasteiger partial charge is 0.252 e. The second kappa shape index (κ2) is 17.9. The summed E-state index contributed by atoms with van der Waals surface area (Å²) in [5, 5.41) is 4.52. The molecule has 2 aliphatic carbocycles. The molecule has 1 aromatic heterocycles. The van der Waals surface area contributed by atoms with Gasteiger partial charge in [0.15, 0.2) is 0 Å². The molecule has 0 saturated heterocycles. The van der Waals surface area contributed by atoms with Crippen molar-refractivity contribution in [3.8, 4) is 89.0 Å². The smallest absolute Gasteiger partial charge is 0.0971 e. The van der Waals surface area contributed by atoms with Gasteiger partial charge in [0.2, 0.25) is 0 Å². The Morgan fingerprint density at radius 1 is 0.275 bits per heavy atom. The molecule has 2 heteroatoms. The van der Waals surface area contributed by atoms with Crippen molar-refractivity contribution in [2.45, 2.75) is 90.9 Å². The Hall–Kier alpha value is -8.72. The quantitative estimate of drug-likeness (QED) is 0.155. The Morgan fingerprint density at radius 2 is 0.588 bits per heavy atom. The zero-order valence-corrected chi connectivity index (χ0v) is 47.7. The van der Waals surface area contributed by atoms with E-state index in [1.165, 1.54) is 111 Å². The highest BCUT2D eigenvalue weighted by atomic mass is 14.8. The summed E-state index contributed by atoms with van der Waals surface area (Å²) < 4.78 is 0. The van der Waals surface area contributed by atoms with E-state index in [-0.39, 0.29) is 21.7 Å². The van der Waals surface area contributed by atoms with Gasteiger partial charge in [0.25, 0.3) is 0 Å². The van der Waals surface area contributed by atoms with Gasteiger partial charge < -0.3 is 0 Å². The summed E-state index contributed by atoms with van der Waals surface area (Å²) in [5.74, 6) is 0. The fourth-order valence-electron chi connectivity index (χ4n) is 13.7. The highest BCUT2D eigenvalue weighted by Crippen LogP contribution is 2.55. The van der Waals surface area contributed by atoms with Crippen molar-refractivity contribution >= 4 is 32.6 Å². The van der Waals surface area contributed by atoms with E-state index in [4.69, 9.17) is 9.97 Å². The molecule has 12 aromatic rings. The summed E-state index contributed by atoms with van der Waals surface area (Å²) in [7, 11) is 0. The number of benzene rings is 11. The van der Waals surface area contributed by atoms with Gasteiger partial charge in [-0.2, -0.15) is 0 Å². The van der Waals surface area contributed by atoms with Crippen LogP contribution < -0.4 is 0 Å². The molecule has 2 nitrogen and oxygen atoms in total. The van der Waals surface area contributed by atoms with E-state index >= 15 is 0 Å². The first-order valence-electron chi connectivity index (χ1n) is 28.5. The van der Waals surface area contributed by atoms with Crippen LogP contribution in [-0.2, 0) is 21.7 Å². The lowest BCUT2D eigenvalue weighted by atomic mass is 9.77. The molecule has 0 spiro atoms. The molecule has 80 heavy (non-hydrogen) atoms. The lowest BCUT2D eigenvalue weighted by Crippen LogP contribution is -2.18. The van der Waals surface area contributed by atoms with Crippen LogP contribution in [0.5, 0.6) is 0 Å². The third-order valence-corrected chi connectivity index (χ3v) is 18.0. The van der Waals surface area contributed by atoms with Gasteiger partial charge in [0.05, 0.1) is 11.0 Å². The monoisotopic (exact) mass is 1030 g/mol. The molecule has 0 saturated carbocycles. The van der Waals surface area contributed by atoms with E-state index in [0.717, 1.165) is 43.7 Å². The van der Waals surface area contributed by atoms with E-state index in [9.17, 15) is 0 Å². The highest BCUT2D eigenvalue weighted by molar-refractivity contribution is 6.24. The van der Waals surface area contributed by atoms with Crippen molar-refractivity contribution in [1.82, 2.24) is 9.97 Å². The van der Waals surface area contributed by atoms with Crippen LogP contribution in [0.2, 0.25) is 0 Å². The molecule has 1 heterocycles. The summed E-state index contributed by atoms with van der Waals surface area (Å²) in [5.41, 5.74) is 30.0. The molecule has 0 fully saturated rings. The molecule has 14 rings (SSSR count). The molecule has 0 bridgehead atoms. The second-order valence-corrected chi connectivity index (χ2v) is 25.8. The van der Waals surface area contributed by atoms with Gasteiger partial charge in [0, 0.05) is 34.0 Å². The summed E-state index contributed by atoms with van der Waals surface area (Å²) >= 11 is 0. The fourth-order valence-corrected chi connectivity index (χ4v) is 13.7. The van der Waals surface area contributed by atoms with Gasteiger partial charge in [-0.3, -0.25) is 9.97 Å². The molecule has 388 valence electrons. The molecule has 0 amide bonds. The maximum atomic E-state index is 4.95. The maximum absolute atomic E-state index is 4.95. The fraction of sp³-hybridized carbons (Fsp3) is 0.179. The van der Waals surface area contributed by atoms with Crippen LogP contribution >= 0.6 is 0 Å². The van der Waals surface area contributed by atoms with Gasteiger partial charge in [-0.1, -0.05) is 239 Å². The molecule has 0 aliphatic heterocycles. The molecular formula is C78H66N2. The lowest BCUT2D eigenvalue weighted by Gasteiger charge is -2.27. The first-order valence-corrected chi connectivity index (χ1v) is 28.5. The van der Waals surface area contributed by atoms with Crippen molar-refractivity contribution in [3.05, 3.63) is 252 Å². The topological polar surface area (TPSA) is 25.8 Å². The lowest BCUT2D eigenvalue weighted by molar-refractivity contribution is 0.584. The summed E-state index contributed by atoms with van der Waals surface area (Å²) in [6, 6.07) is 78.1. The molecular weight excluding hydrogens is 965 g/mol. The third-order valence-electron chi connectivity index (χ3n) is 18.0. The average molecular weight is 1030 g/mol. The van der Waals surface area contributed by atoms with Crippen LogP contribution in [0.15, 0.2) is 219 Å². The number of fused-ring (bicyclic) bond motifs is 12. The van der Waals surface area contributed by atoms with Crippen molar-refractivity contribution in [2.24, 2.45) is 0 Å². The van der Waals surface area contributed by atoms with E-state index in [0.29, 0.717) is 0 Å². The summed E-state index contributed by atoms with van der Waals surface area (Å²) in [6.45, 7) is 23.5. The van der Waals surface area contributed by atoms with Crippen molar-refractivity contribution in [3.63, 3.8) is 0 Å². The Morgan fingerprint density at radius 3 is 0.950 bits per heavy atom. The van der Waals surface area contributed by atoms with Crippen LogP contribution in [0, 0.1) is 0 Å². The minimum Gasteiger partial charge on any atom is -0.252 e. The van der Waals surface area contributed by atoms with Crippen LogP contribution in [0.3, 0.4) is 0 Å². The first kappa shape index (κ1) is 49.6. The predicted molar refractivity (Wildman–Crippen MR) is 340 cm³/mol. The molecule has 11 aromatic carbocycles. The van der Waals surface area contributed by atoms with Gasteiger partial charge in [0.1, 0.15) is 0 Å². The number of nitrogens with zero attached hydrogens (tertiary/aromatic N) is 2. The zero-order valence-electron chi connectivity index (χ0n) is 47.7. The van der Waals surface area contributed by atoms with E-state index < -0.39 is 0 Å². The molecule has 0 radical (unpaired) electrons. The Kier molecular flexibility index (Phi) is 11.1. The first-order chi connectivity index (χ1) is 38.4. The van der Waals surface area contributed by atoms with Crippen LogP contribution in [0.1, 0.15) is 103 Å². The van der Waals surface area contributed by atoms with Crippen molar-refractivity contribution in [2.75, 3.05) is 0 Å². The Bertz CT molecular complexity index is 4260. The Labute approximate surface area is 471 Å². The third kappa shape index (κ3) is 7.89. The summed E-state index contributed by atoms with van der Waals surface area (Å²) in [4.78, 5) is 9.89. The standard InChI is InChI=1S/C78H66N2/c1-75(2,3)57-31-35-61-63-27-15-25-59(71(63)77(7,8)69(61)45-57)55-23-13-21-51(41-55)47-17-11-19-49(39-47)53-29-33-65-67(43-53)68-44-54(30-34-66(68)74-73(65)79-37-38-80-74)50-20-12-18-48(40-50)52-22-14-24-56(42-52)60-26-16-28-64-62-36-32-58(76(4,5)6)46-70(62)78(9,10)72(60)64/h11-46H,1-10H3. The van der Waals surface area contributed by atoms with Gasteiger partial charge in [-0.05, 0) is 180 Å². The minimum atomic E-state index is -0.138. The predicted octanol–water partition coefficient (Wildman–Crippen LogP) is 21.1. The van der Waals surface area contributed by atoms with Gasteiger partial charge >= 0.3 is 0 Å². The van der Waals surface area contributed by atoms with E-state index in [1.807, 2.05) is 12.4 Å². The zero-order chi connectivity index (χ0) is 55.0. The van der Waals surface area contributed by atoms with Crippen LogP contribution in [0.25, 0.3) is 122 Å².